The van der Waals surface area contributed by atoms with E-state index in [1.807, 2.05) is 6.07 Å². The zero-order valence-corrected chi connectivity index (χ0v) is 21.3. The van der Waals surface area contributed by atoms with Crippen LogP contribution in [0.15, 0.2) is 54.9 Å². The van der Waals surface area contributed by atoms with Crippen LogP contribution in [0.25, 0.3) is 0 Å². The summed E-state index contributed by atoms with van der Waals surface area (Å²) in [5.74, 6) is -1.98. The van der Waals surface area contributed by atoms with Crippen molar-refractivity contribution < 1.29 is 26.7 Å². The van der Waals surface area contributed by atoms with Gasteiger partial charge in [-0.25, -0.2) is 17.2 Å². The van der Waals surface area contributed by atoms with Gasteiger partial charge in [0.05, 0.1) is 25.0 Å². The number of rotatable bonds is 6. The Bertz CT molecular complexity index is 1420. The number of halogens is 2. The fraction of sp³-hybridized carbons (Fsp3) is 0.385. The summed E-state index contributed by atoms with van der Waals surface area (Å²) < 4.78 is 65.8. The third kappa shape index (κ3) is 4.67. The molecule has 1 amide bonds. The van der Waals surface area contributed by atoms with Crippen LogP contribution in [0.3, 0.4) is 0 Å². The van der Waals surface area contributed by atoms with E-state index in [-0.39, 0.29) is 42.5 Å². The normalized spacial score (nSPS) is 22.8. The van der Waals surface area contributed by atoms with E-state index in [4.69, 9.17) is 4.74 Å². The Morgan fingerprint density at radius 1 is 1.16 bits per heavy atom. The lowest BCUT2D eigenvalue weighted by molar-refractivity contribution is -0.0750. The lowest BCUT2D eigenvalue weighted by Gasteiger charge is -2.42. The van der Waals surface area contributed by atoms with Crippen molar-refractivity contribution in [3.05, 3.63) is 88.7 Å². The fourth-order valence-corrected chi connectivity index (χ4v) is 7.21. The van der Waals surface area contributed by atoms with Gasteiger partial charge in [0, 0.05) is 37.0 Å². The highest BCUT2D eigenvalue weighted by molar-refractivity contribution is 7.89. The van der Waals surface area contributed by atoms with E-state index in [0.717, 1.165) is 12.1 Å². The van der Waals surface area contributed by atoms with Crippen LogP contribution < -0.4 is 5.32 Å². The summed E-state index contributed by atoms with van der Waals surface area (Å²) in [5.41, 5.74) is -0.395. The number of aryl methyl sites for hydroxylation is 1. The van der Waals surface area contributed by atoms with Gasteiger partial charge in [0.15, 0.2) is 0 Å². The van der Waals surface area contributed by atoms with Crippen molar-refractivity contribution in [3.8, 4) is 0 Å². The first-order valence-corrected chi connectivity index (χ1v) is 13.5. The zero-order chi connectivity index (χ0) is 26.4. The van der Waals surface area contributed by atoms with Gasteiger partial charge >= 0.3 is 0 Å². The number of hydrogen-bond acceptors (Lipinski definition) is 5. The van der Waals surface area contributed by atoms with Gasteiger partial charge < -0.3 is 10.1 Å². The Labute approximate surface area is 214 Å². The predicted octanol–water partition coefficient (Wildman–Crippen LogP) is 3.41. The molecule has 3 aromatic rings. The number of ether oxygens (including phenoxy) is 1. The van der Waals surface area contributed by atoms with Gasteiger partial charge in [0.2, 0.25) is 10.0 Å². The van der Waals surface area contributed by atoms with Crippen molar-refractivity contribution in [2.24, 2.45) is 7.05 Å². The summed E-state index contributed by atoms with van der Waals surface area (Å²) in [6.45, 7) is 1.44. The molecule has 2 aliphatic heterocycles. The molecule has 0 bridgehead atoms. The highest BCUT2D eigenvalue weighted by atomic mass is 32.2. The van der Waals surface area contributed by atoms with E-state index in [9.17, 15) is 13.2 Å². The zero-order valence-electron chi connectivity index (χ0n) is 20.5. The van der Waals surface area contributed by atoms with Gasteiger partial charge in [-0.3, -0.25) is 9.48 Å². The molecule has 37 heavy (non-hydrogen) atoms. The maximum Gasteiger partial charge on any atom is 0.255 e. The molecule has 0 saturated carbocycles. The van der Waals surface area contributed by atoms with Crippen molar-refractivity contribution in [2.45, 2.75) is 43.1 Å². The van der Waals surface area contributed by atoms with Gasteiger partial charge in [-0.05, 0) is 37.5 Å². The molecule has 2 aliphatic rings. The Morgan fingerprint density at radius 3 is 2.51 bits per heavy atom. The highest BCUT2D eigenvalue weighted by Gasteiger charge is 2.45. The van der Waals surface area contributed by atoms with Crippen molar-refractivity contribution in [3.63, 3.8) is 0 Å². The van der Waals surface area contributed by atoms with Crippen LogP contribution in [0.2, 0.25) is 0 Å². The summed E-state index contributed by atoms with van der Waals surface area (Å²) in [5, 5.41) is 5.98. The van der Waals surface area contributed by atoms with E-state index in [1.54, 1.807) is 38.2 Å². The fourth-order valence-electron chi connectivity index (χ4n) is 5.02. The third-order valence-corrected chi connectivity index (χ3v) is 9.56. The Balaban J connectivity index is 1.41. The van der Waals surface area contributed by atoms with Gasteiger partial charge in [-0.15, -0.1) is 0 Å². The van der Waals surface area contributed by atoms with E-state index < -0.39 is 38.4 Å². The molecule has 2 atom stereocenters. The summed E-state index contributed by atoms with van der Waals surface area (Å²) in [6, 6.07) is 10.6. The second-order valence-corrected chi connectivity index (χ2v) is 11.8. The molecule has 196 valence electrons. The number of carbonyl (C=O) groups is 1. The molecule has 5 rings (SSSR count). The molecule has 8 nitrogen and oxygen atoms in total. The molecular weight excluding hydrogens is 502 g/mol. The van der Waals surface area contributed by atoms with Gasteiger partial charge in [-0.2, -0.15) is 9.40 Å². The average molecular weight is 531 g/mol. The number of amides is 1. The summed E-state index contributed by atoms with van der Waals surface area (Å²) in [6.07, 6.45) is 3.96. The summed E-state index contributed by atoms with van der Waals surface area (Å²) >= 11 is 0. The van der Waals surface area contributed by atoms with Gasteiger partial charge in [0.1, 0.15) is 22.4 Å². The largest absolute Gasteiger partial charge is 0.376 e. The number of aromatic nitrogens is 2. The van der Waals surface area contributed by atoms with Crippen molar-refractivity contribution in [1.82, 2.24) is 19.4 Å². The predicted molar refractivity (Wildman–Crippen MR) is 132 cm³/mol. The molecule has 2 fully saturated rings. The van der Waals surface area contributed by atoms with Crippen molar-refractivity contribution >= 4 is 15.9 Å². The number of sulfonamides is 1. The first-order chi connectivity index (χ1) is 17.6. The SMILES string of the molecule is C[C@H]1CC[C@H](c2ccccc2)S(=O)(=O)N1Cc1cc(F)c(C2(NC(=O)c3cnn(C)c3)COC2)cc1F. The first-order valence-electron chi connectivity index (χ1n) is 12.0. The minimum Gasteiger partial charge on any atom is -0.376 e. The van der Waals surface area contributed by atoms with Crippen LogP contribution in [-0.4, -0.2) is 47.7 Å². The number of nitrogens with one attached hydrogen (secondary N) is 1. The quantitative estimate of drug-likeness (QED) is 0.527. The molecule has 0 radical (unpaired) electrons. The first kappa shape index (κ1) is 25.5. The molecule has 1 aromatic heterocycles. The van der Waals surface area contributed by atoms with Crippen molar-refractivity contribution in [2.75, 3.05) is 13.2 Å². The molecule has 2 aromatic carbocycles. The monoisotopic (exact) mass is 530 g/mol. The number of benzene rings is 2. The minimum atomic E-state index is -3.81. The lowest BCUT2D eigenvalue weighted by Crippen LogP contribution is -2.59. The molecule has 0 unspecified atom stereocenters. The number of carbonyl (C=O) groups excluding carboxylic acids is 1. The second kappa shape index (κ2) is 9.62. The van der Waals surface area contributed by atoms with Crippen LogP contribution in [0, 0.1) is 11.6 Å². The van der Waals surface area contributed by atoms with Crippen LogP contribution >= 0.6 is 0 Å². The van der Waals surface area contributed by atoms with E-state index >= 15 is 8.78 Å². The van der Waals surface area contributed by atoms with E-state index in [2.05, 4.69) is 10.4 Å². The number of nitrogens with zero attached hydrogens (tertiary/aromatic N) is 3. The van der Waals surface area contributed by atoms with Crippen LogP contribution in [-0.2, 0) is 33.9 Å². The molecule has 3 heterocycles. The minimum absolute atomic E-state index is 0.0228. The van der Waals surface area contributed by atoms with E-state index in [1.165, 1.54) is 21.4 Å². The molecular formula is C26H28F2N4O4S. The average Bonchev–Trinajstić information content (AvgIpc) is 3.28. The molecule has 11 heteroatoms. The summed E-state index contributed by atoms with van der Waals surface area (Å²) in [4.78, 5) is 12.7. The van der Waals surface area contributed by atoms with Crippen molar-refractivity contribution in [1.29, 1.82) is 0 Å². The Hall–Kier alpha value is -3.15. The number of hydrogen-bond donors (Lipinski definition) is 1. The molecule has 0 aliphatic carbocycles. The maximum absolute atomic E-state index is 15.4. The molecule has 1 N–H and O–H groups in total. The molecule has 2 saturated heterocycles. The second-order valence-electron chi connectivity index (χ2n) is 9.77. The molecule has 0 spiro atoms. The van der Waals surface area contributed by atoms with Crippen LogP contribution in [0.4, 0.5) is 8.78 Å². The summed E-state index contributed by atoms with van der Waals surface area (Å²) in [7, 11) is -2.15. The van der Waals surface area contributed by atoms with Gasteiger partial charge in [-0.1, -0.05) is 30.3 Å². The maximum atomic E-state index is 15.4. The highest BCUT2D eigenvalue weighted by Crippen LogP contribution is 2.39. The third-order valence-electron chi connectivity index (χ3n) is 7.19. The van der Waals surface area contributed by atoms with Crippen LogP contribution in [0.5, 0.6) is 0 Å². The van der Waals surface area contributed by atoms with E-state index in [0.29, 0.717) is 18.4 Å². The topological polar surface area (TPSA) is 93.5 Å². The smallest absolute Gasteiger partial charge is 0.255 e. The Morgan fingerprint density at radius 2 is 1.89 bits per heavy atom. The Kier molecular flexibility index (Phi) is 6.63. The van der Waals surface area contributed by atoms with Crippen LogP contribution in [0.1, 0.15) is 52.1 Å². The lowest BCUT2D eigenvalue weighted by atomic mass is 9.86. The van der Waals surface area contributed by atoms with Gasteiger partial charge in [0.25, 0.3) is 5.91 Å². The standard InChI is InChI=1S/C26H28F2N4O4S/c1-17-8-9-24(18-6-4-3-5-7-18)37(34,35)32(17)14-19-10-23(28)21(11-22(19)27)26(15-36-16-26)30-25(33)20-12-29-31(2)13-20/h3-7,10-13,17,24H,8-9,14-16H2,1-2H3,(H,30,33)/t17-,24+/m0/s1.